The maximum absolute atomic E-state index is 10.6. The first kappa shape index (κ1) is 8.55. The smallest absolute Gasteiger partial charge is 0.336 e. The number of aromatic hydroxyl groups is 1. The summed E-state index contributed by atoms with van der Waals surface area (Å²) in [5.74, 6) is -1.14. The maximum atomic E-state index is 10.6. The average Bonchev–Trinajstić information content (AvgIpc) is 2.04. The Morgan fingerprint density at radius 1 is 1.50 bits per heavy atom. The van der Waals surface area contributed by atoms with Gasteiger partial charge in [-0.15, -0.1) is 0 Å². The van der Waals surface area contributed by atoms with E-state index in [2.05, 4.69) is 0 Å². The van der Waals surface area contributed by atoms with Crippen molar-refractivity contribution in [1.29, 1.82) is 0 Å². The van der Waals surface area contributed by atoms with Crippen LogP contribution in [0.1, 0.15) is 15.9 Å². The van der Waals surface area contributed by atoms with Gasteiger partial charge in [0.1, 0.15) is 5.75 Å². The van der Waals surface area contributed by atoms with Crippen molar-refractivity contribution in [3.63, 3.8) is 0 Å². The van der Waals surface area contributed by atoms with E-state index in [-0.39, 0.29) is 17.9 Å². The van der Waals surface area contributed by atoms with E-state index in [1.807, 2.05) is 0 Å². The van der Waals surface area contributed by atoms with Crippen LogP contribution >= 0.6 is 0 Å². The van der Waals surface area contributed by atoms with Crippen LogP contribution in [0.4, 0.5) is 0 Å². The van der Waals surface area contributed by atoms with Crippen LogP contribution in [-0.4, -0.2) is 16.2 Å². The third-order valence-electron chi connectivity index (χ3n) is 1.54. The van der Waals surface area contributed by atoms with Crippen molar-refractivity contribution in [3.8, 4) is 5.75 Å². The number of carboxylic acids is 1. The normalized spacial score (nSPS) is 9.75. The second-order valence-corrected chi connectivity index (χ2v) is 2.35. The Morgan fingerprint density at radius 3 is 2.67 bits per heavy atom. The minimum atomic E-state index is -1.08. The molecule has 0 spiro atoms. The van der Waals surface area contributed by atoms with E-state index in [0.29, 0.717) is 5.56 Å². The molecule has 0 bridgehead atoms. The number of aromatic carboxylic acids is 1. The van der Waals surface area contributed by atoms with Crippen molar-refractivity contribution in [2.45, 2.75) is 6.54 Å². The first-order valence-electron chi connectivity index (χ1n) is 3.40. The Kier molecular flexibility index (Phi) is 2.30. The quantitative estimate of drug-likeness (QED) is 0.600. The molecule has 1 aromatic carbocycles. The number of benzene rings is 1. The highest BCUT2D eigenvalue weighted by molar-refractivity contribution is 5.89. The van der Waals surface area contributed by atoms with Crippen LogP contribution in [-0.2, 0) is 6.54 Å². The fraction of sp³-hybridized carbons (Fsp3) is 0.125. The fourth-order valence-electron chi connectivity index (χ4n) is 0.942. The Balaban J connectivity index is 3.21. The predicted octanol–water partition coefficient (Wildman–Crippen LogP) is 0.549. The van der Waals surface area contributed by atoms with Gasteiger partial charge in [-0.1, -0.05) is 6.07 Å². The summed E-state index contributed by atoms with van der Waals surface area (Å²) in [4.78, 5) is 10.6. The minimum Gasteiger partial charge on any atom is -0.508 e. The molecule has 4 N–H and O–H groups in total. The number of hydrogen-bond acceptors (Lipinski definition) is 3. The van der Waals surface area contributed by atoms with Crippen molar-refractivity contribution in [3.05, 3.63) is 29.3 Å². The van der Waals surface area contributed by atoms with Crippen LogP contribution in [0.5, 0.6) is 5.75 Å². The lowest BCUT2D eigenvalue weighted by Crippen LogP contribution is -2.06. The molecular formula is C8H9NO3. The summed E-state index contributed by atoms with van der Waals surface area (Å²) in [5.41, 5.74) is 5.86. The Hall–Kier alpha value is -1.55. The second-order valence-electron chi connectivity index (χ2n) is 2.35. The number of carboxylic acid groups (broad SMARTS) is 1. The largest absolute Gasteiger partial charge is 0.508 e. The number of carbonyl (C=O) groups is 1. The van der Waals surface area contributed by atoms with E-state index in [1.165, 1.54) is 18.2 Å². The average molecular weight is 167 g/mol. The van der Waals surface area contributed by atoms with Crippen LogP contribution in [0.25, 0.3) is 0 Å². The molecule has 0 fully saturated rings. The molecule has 0 saturated heterocycles. The molecule has 0 aliphatic heterocycles. The van der Waals surface area contributed by atoms with E-state index < -0.39 is 5.97 Å². The molecule has 0 heterocycles. The highest BCUT2D eigenvalue weighted by atomic mass is 16.4. The summed E-state index contributed by atoms with van der Waals surface area (Å²) < 4.78 is 0. The molecule has 0 aliphatic carbocycles. The van der Waals surface area contributed by atoms with Gasteiger partial charge >= 0.3 is 5.97 Å². The van der Waals surface area contributed by atoms with Gasteiger partial charge in [0.15, 0.2) is 0 Å². The zero-order chi connectivity index (χ0) is 9.14. The van der Waals surface area contributed by atoms with Crippen LogP contribution in [0.15, 0.2) is 18.2 Å². The molecule has 1 aromatic rings. The zero-order valence-corrected chi connectivity index (χ0v) is 6.32. The van der Waals surface area contributed by atoms with Gasteiger partial charge in [0.2, 0.25) is 0 Å². The van der Waals surface area contributed by atoms with E-state index in [1.54, 1.807) is 0 Å². The van der Waals surface area contributed by atoms with Gasteiger partial charge in [-0.3, -0.25) is 0 Å². The molecule has 64 valence electrons. The monoisotopic (exact) mass is 167 g/mol. The molecule has 0 aliphatic rings. The molecule has 0 atom stereocenters. The van der Waals surface area contributed by atoms with Gasteiger partial charge < -0.3 is 15.9 Å². The van der Waals surface area contributed by atoms with Crippen LogP contribution < -0.4 is 5.73 Å². The zero-order valence-electron chi connectivity index (χ0n) is 6.32. The summed E-state index contributed by atoms with van der Waals surface area (Å²) in [6, 6.07) is 4.10. The van der Waals surface area contributed by atoms with Gasteiger partial charge in [0, 0.05) is 6.54 Å². The number of rotatable bonds is 2. The third-order valence-corrected chi connectivity index (χ3v) is 1.54. The van der Waals surface area contributed by atoms with Crippen LogP contribution in [0, 0.1) is 0 Å². The summed E-state index contributed by atoms with van der Waals surface area (Å²) in [7, 11) is 0. The third kappa shape index (κ3) is 1.54. The van der Waals surface area contributed by atoms with Gasteiger partial charge in [-0.2, -0.15) is 0 Å². The lowest BCUT2D eigenvalue weighted by atomic mass is 10.1. The highest BCUT2D eigenvalue weighted by Crippen LogP contribution is 2.15. The Morgan fingerprint density at radius 2 is 2.17 bits per heavy atom. The second kappa shape index (κ2) is 3.23. The fourth-order valence-corrected chi connectivity index (χ4v) is 0.942. The lowest BCUT2D eigenvalue weighted by Gasteiger charge is -2.02. The van der Waals surface area contributed by atoms with E-state index in [0.717, 1.165) is 0 Å². The van der Waals surface area contributed by atoms with Crippen molar-refractivity contribution >= 4 is 5.97 Å². The van der Waals surface area contributed by atoms with E-state index >= 15 is 0 Å². The van der Waals surface area contributed by atoms with Crippen molar-refractivity contribution in [2.24, 2.45) is 5.73 Å². The highest BCUT2D eigenvalue weighted by Gasteiger charge is 2.08. The molecule has 0 amide bonds. The predicted molar refractivity (Wildman–Crippen MR) is 43.0 cm³/mol. The molecule has 0 radical (unpaired) electrons. The van der Waals surface area contributed by atoms with Crippen molar-refractivity contribution < 1.29 is 15.0 Å². The lowest BCUT2D eigenvalue weighted by molar-refractivity contribution is 0.0695. The van der Waals surface area contributed by atoms with Gasteiger partial charge in [0.25, 0.3) is 0 Å². The molecule has 0 unspecified atom stereocenters. The standard InChI is InChI=1S/C8H9NO3/c9-4-5-1-2-6(10)3-7(5)8(11)12/h1-3,10H,4,9H2,(H,11,12). The maximum Gasteiger partial charge on any atom is 0.336 e. The molecule has 0 saturated carbocycles. The summed E-state index contributed by atoms with van der Waals surface area (Å²) in [6.45, 7) is 0.155. The van der Waals surface area contributed by atoms with Crippen molar-refractivity contribution in [2.75, 3.05) is 0 Å². The van der Waals surface area contributed by atoms with E-state index in [9.17, 15) is 4.79 Å². The molecule has 1 rings (SSSR count). The number of nitrogens with two attached hydrogens (primary N) is 1. The molecule has 4 nitrogen and oxygen atoms in total. The van der Waals surface area contributed by atoms with Crippen LogP contribution in [0.3, 0.4) is 0 Å². The summed E-state index contributed by atoms with van der Waals surface area (Å²) in [6.07, 6.45) is 0. The molecule has 12 heavy (non-hydrogen) atoms. The molecule has 0 aromatic heterocycles. The van der Waals surface area contributed by atoms with Crippen molar-refractivity contribution in [1.82, 2.24) is 0 Å². The first-order valence-corrected chi connectivity index (χ1v) is 3.40. The number of phenols is 1. The number of hydrogen-bond donors (Lipinski definition) is 3. The van der Waals surface area contributed by atoms with Gasteiger partial charge in [0.05, 0.1) is 5.56 Å². The van der Waals surface area contributed by atoms with E-state index in [4.69, 9.17) is 15.9 Å². The first-order chi connectivity index (χ1) is 5.65. The van der Waals surface area contributed by atoms with Gasteiger partial charge in [-0.25, -0.2) is 4.79 Å². The topological polar surface area (TPSA) is 83.5 Å². The summed E-state index contributed by atoms with van der Waals surface area (Å²) >= 11 is 0. The number of phenolic OH excluding ortho intramolecular Hbond substituents is 1. The van der Waals surface area contributed by atoms with Crippen LogP contribution in [0.2, 0.25) is 0 Å². The van der Waals surface area contributed by atoms with Gasteiger partial charge in [-0.05, 0) is 17.7 Å². The summed E-state index contributed by atoms with van der Waals surface area (Å²) in [5, 5.41) is 17.6. The SMILES string of the molecule is NCc1ccc(O)cc1C(=O)O. The molecular weight excluding hydrogens is 158 g/mol. The Labute approximate surface area is 69.3 Å². The Bertz CT molecular complexity index is 309. The molecule has 4 heteroatoms. The minimum absolute atomic E-state index is 0.0532.